The van der Waals surface area contributed by atoms with Gasteiger partial charge in [-0.15, -0.1) is 0 Å². The summed E-state index contributed by atoms with van der Waals surface area (Å²) < 4.78 is 10.3. The van der Waals surface area contributed by atoms with Gasteiger partial charge in [0.1, 0.15) is 11.8 Å². The van der Waals surface area contributed by atoms with Crippen molar-refractivity contribution in [3.05, 3.63) is 55.5 Å². The van der Waals surface area contributed by atoms with Crippen molar-refractivity contribution in [2.75, 3.05) is 19.0 Å². The third-order valence-electron chi connectivity index (χ3n) is 5.01. The van der Waals surface area contributed by atoms with Crippen LogP contribution < -0.4 is 10.1 Å². The van der Waals surface area contributed by atoms with Crippen molar-refractivity contribution in [1.29, 1.82) is 0 Å². The molecule has 1 atom stereocenters. The minimum atomic E-state index is -1.36. The summed E-state index contributed by atoms with van der Waals surface area (Å²) in [5, 5.41) is 1.68. The quantitative estimate of drug-likeness (QED) is 0.223. The van der Waals surface area contributed by atoms with Crippen LogP contribution in [0.5, 0.6) is 5.75 Å². The largest absolute Gasteiger partial charge is 0.495 e. The molecule has 1 N–H and O–H groups in total. The molecule has 3 amide bonds. The number of carbonyl (C=O) groups excluding carboxylic acids is 4. The number of hydrogen-bond acceptors (Lipinski definition) is 6. The van der Waals surface area contributed by atoms with E-state index in [9.17, 15) is 19.2 Å². The number of benzene rings is 2. The maximum absolute atomic E-state index is 13.1. The van der Waals surface area contributed by atoms with Crippen molar-refractivity contribution in [3.8, 4) is 5.75 Å². The van der Waals surface area contributed by atoms with Gasteiger partial charge in [0.15, 0.2) is 6.61 Å². The molecule has 0 radical (unpaired) electrons. The lowest BCUT2D eigenvalue weighted by molar-refractivity contribution is -0.152. The summed E-state index contributed by atoms with van der Waals surface area (Å²) in [6, 6.07) is 5.31. The number of esters is 1. The average Bonchev–Trinajstić information content (AvgIpc) is 3.05. The van der Waals surface area contributed by atoms with Gasteiger partial charge in [0.2, 0.25) is 0 Å². The number of nitrogens with zero attached hydrogens (tertiary/aromatic N) is 1. The van der Waals surface area contributed by atoms with Gasteiger partial charge in [-0.05, 0) is 18.1 Å². The second-order valence-corrected chi connectivity index (χ2v) is 9.04. The standard InChI is InChI=1S/C22H18Cl4N2O6/c1-9(2)19(22(32)34-8-12(29)27-10-6-4-5-7-11(10)33-3)28-20(30)13-14(21(28)31)16(24)18(26)17(25)15(13)23/h4-7,9,19H,8H2,1-3H3,(H,27,29)/t19-/m1/s1. The van der Waals surface area contributed by atoms with Crippen molar-refractivity contribution in [3.63, 3.8) is 0 Å². The van der Waals surface area contributed by atoms with E-state index in [-0.39, 0.29) is 31.2 Å². The Kier molecular flexibility index (Phi) is 7.98. The molecule has 0 fully saturated rings. The Bertz CT molecular complexity index is 1150. The number of imide groups is 1. The van der Waals surface area contributed by atoms with Gasteiger partial charge in [-0.3, -0.25) is 19.3 Å². The van der Waals surface area contributed by atoms with Crippen LogP contribution in [0.1, 0.15) is 34.6 Å². The van der Waals surface area contributed by atoms with Crippen LogP contribution in [0, 0.1) is 5.92 Å². The summed E-state index contributed by atoms with van der Waals surface area (Å²) in [5.74, 6) is -3.52. The Balaban J connectivity index is 1.81. The summed E-state index contributed by atoms with van der Waals surface area (Å²) in [6.07, 6.45) is 0. The second kappa shape index (κ2) is 10.4. The molecular weight excluding hydrogens is 530 g/mol. The fraction of sp³-hybridized carbons (Fsp3) is 0.273. The number of nitrogens with one attached hydrogen (secondary N) is 1. The smallest absolute Gasteiger partial charge is 0.330 e. The lowest BCUT2D eigenvalue weighted by atomic mass is 10.0. The Morgan fingerprint density at radius 1 is 0.941 bits per heavy atom. The lowest BCUT2D eigenvalue weighted by Crippen LogP contribution is -2.49. The van der Waals surface area contributed by atoms with Crippen molar-refractivity contribution in [2.45, 2.75) is 19.9 Å². The van der Waals surface area contributed by atoms with Crippen LogP contribution in [0.15, 0.2) is 24.3 Å². The first-order valence-electron chi connectivity index (χ1n) is 9.84. The predicted molar refractivity (Wildman–Crippen MR) is 128 cm³/mol. The highest BCUT2D eigenvalue weighted by Crippen LogP contribution is 2.45. The minimum Gasteiger partial charge on any atom is -0.495 e. The van der Waals surface area contributed by atoms with E-state index < -0.39 is 42.3 Å². The van der Waals surface area contributed by atoms with Crippen LogP contribution in [0.25, 0.3) is 0 Å². The van der Waals surface area contributed by atoms with Gasteiger partial charge in [0, 0.05) is 0 Å². The molecular formula is C22H18Cl4N2O6. The summed E-state index contributed by atoms with van der Waals surface area (Å²) in [5.41, 5.74) is -0.123. The third-order valence-corrected chi connectivity index (χ3v) is 6.81. The highest BCUT2D eigenvalue weighted by atomic mass is 35.5. The maximum Gasteiger partial charge on any atom is 0.330 e. The van der Waals surface area contributed by atoms with Gasteiger partial charge < -0.3 is 14.8 Å². The molecule has 34 heavy (non-hydrogen) atoms. The first-order chi connectivity index (χ1) is 16.0. The van der Waals surface area contributed by atoms with Crippen molar-refractivity contribution < 1.29 is 28.7 Å². The molecule has 0 bridgehead atoms. The second-order valence-electron chi connectivity index (χ2n) is 7.53. The molecule has 0 saturated heterocycles. The topological polar surface area (TPSA) is 102 Å². The zero-order valence-electron chi connectivity index (χ0n) is 18.1. The number of ether oxygens (including phenoxy) is 2. The number of amides is 3. The summed E-state index contributed by atoms with van der Waals surface area (Å²) in [7, 11) is 1.44. The number of para-hydroxylation sites is 2. The summed E-state index contributed by atoms with van der Waals surface area (Å²) in [6.45, 7) is 2.55. The number of anilines is 1. The molecule has 0 aromatic heterocycles. The van der Waals surface area contributed by atoms with E-state index in [1.54, 1.807) is 38.1 Å². The number of rotatable bonds is 7. The minimum absolute atomic E-state index is 0.188. The van der Waals surface area contributed by atoms with E-state index in [0.717, 1.165) is 0 Å². The third kappa shape index (κ3) is 4.68. The molecule has 0 saturated carbocycles. The first kappa shape index (κ1) is 26.1. The number of methoxy groups -OCH3 is 1. The lowest BCUT2D eigenvalue weighted by Gasteiger charge is -2.27. The molecule has 1 heterocycles. The Morgan fingerprint density at radius 2 is 1.47 bits per heavy atom. The average molecular weight is 548 g/mol. The van der Waals surface area contributed by atoms with E-state index in [0.29, 0.717) is 16.3 Å². The van der Waals surface area contributed by atoms with Crippen LogP contribution in [-0.4, -0.2) is 48.3 Å². The molecule has 0 unspecified atom stereocenters. The molecule has 2 aromatic rings. The first-order valence-corrected chi connectivity index (χ1v) is 11.4. The van der Waals surface area contributed by atoms with E-state index >= 15 is 0 Å². The predicted octanol–water partition coefficient (Wildman–Crippen LogP) is 5.11. The van der Waals surface area contributed by atoms with Crippen molar-refractivity contribution in [1.82, 2.24) is 4.90 Å². The molecule has 3 rings (SSSR count). The van der Waals surface area contributed by atoms with Crippen molar-refractivity contribution >= 4 is 75.8 Å². The number of fused-ring (bicyclic) bond motifs is 1. The molecule has 1 aliphatic rings. The van der Waals surface area contributed by atoms with Gasteiger partial charge in [-0.1, -0.05) is 72.4 Å². The van der Waals surface area contributed by atoms with Gasteiger partial charge in [-0.2, -0.15) is 0 Å². The zero-order chi connectivity index (χ0) is 25.3. The SMILES string of the molecule is COc1ccccc1NC(=O)COC(=O)[C@@H](C(C)C)N1C(=O)c2c(Cl)c(Cl)c(Cl)c(Cl)c2C1=O. The van der Waals surface area contributed by atoms with E-state index in [1.807, 2.05) is 0 Å². The summed E-state index contributed by atoms with van der Waals surface area (Å²) in [4.78, 5) is 52.1. The normalized spacial score (nSPS) is 13.7. The van der Waals surface area contributed by atoms with E-state index in [1.165, 1.54) is 7.11 Å². The fourth-order valence-corrected chi connectivity index (χ4v) is 4.47. The van der Waals surface area contributed by atoms with Gasteiger partial charge in [-0.25, -0.2) is 4.79 Å². The molecule has 2 aromatic carbocycles. The van der Waals surface area contributed by atoms with Crippen LogP contribution in [0.3, 0.4) is 0 Å². The van der Waals surface area contributed by atoms with E-state index in [4.69, 9.17) is 55.9 Å². The number of carbonyl (C=O) groups is 4. The maximum atomic E-state index is 13.1. The van der Waals surface area contributed by atoms with E-state index in [2.05, 4.69) is 5.32 Å². The van der Waals surface area contributed by atoms with Crippen molar-refractivity contribution in [2.24, 2.45) is 5.92 Å². The molecule has 12 heteroatoms. The molecule has 180 valence electrons. The van der Waals surface area contributed by atoms with Crippen LogP contribution in [-0.2, 0) is 14.3 Å². The Morgan fingerprint density at radius 3 is 1.97 bits per heavy atom. The fourth-order valence-electron chi connectivity index (χ4n) is 3.45. The van der Waals surface area contributed by atoms with Gasteiger partial charge >= 0.3 is 5.97 Å². The Hall–Kier alpha value is -2.52. The number of halogens is 4. The van der Waals surface area contributed by atoms with Crippen LogP contribution in [0.2, 0.25) is 20.1 Å². The Labute approximate surface area is 215 Å². The highest BCUT2D eigenvalue weighted by molar-refractivity contribution is 6.55. The molecule has 8 nitrogen and oxygen atoms in total. The van der Waals surface area contributed by atoms with Crippen LogP contribution in [0.4, 0.5) is 5.69 Å². The van der Waals surface area contributed by atoms with Gasteiger partial charge in [0.05, 0.1) is 44.0 Å². The highest BCUT2D eigenvalue weighted by Gasteiger charge is 2.48. The zero-order valence-corrected chi connectivity index (χ0v) is 21.1. The molecule has 0 aliphatic carbocycles. The monoisotopic (exact) mass is 546 g/mol. The molecule has 0 spiro atoms. The number of hydrogen-bond donors (Lipinski definition) is 1. The summed E-state index contributed by atoms with van der Waals surface area (Å²) >= 11 is 24.4. The van der Waals surface area contributed by atoms with Gasteiger partial charge in [0.25, 0.3) is 17.7 Å². The van der Waals surface area contributed by atoms with Crippen LogP contribution >= 0.6 is 46.4 Å². The molecule has 1 aliphatic heterocycles.